The van der Waals surface area contributed by atoms with Crippen molar-refractivity contribution in [3.05, 3.63) is 0 Å². The van der Waals surface area contributed by atoms with E-state index in [2.05, 4.69) is 0 Å². The second kappa shape index (κ2) is 6.30. The Morgan fingerprint density at radius 1 is 0.889 bits per heavy atom. The molecule has 2 atom stereocenters. The zero-order chi connectivity index (χ0) is 13.1. The lowest BCUT2D eigenvalue weighted by molar-refractivity contribution is -0.172. The molecular formula is C10H23O5PSi2. The summed E-state index contributed by atoms with van der Waals surface area (Å²) >= 11 is 0. The normalized spacial score (nSPS) is 39.8. The Hall–Kier alpha value is 0.504. The van der Waals surface area contributed by atoms with Gasteiger partial charge in [-0.25, -0.2) is 0 Å². The van der Waals surface area contributed by atoms with Gasteiger partial charge >= 0.3 is 8.25 Å². The minimum absolute atomic E-state index is 0.610. The SMILES string of the molecule is O=[PH](OC1([SiH3])CCCCO1)OC1([SiH3])CCCCO1. The molecule has 0 radical (unpaired) electrons. The summed E-state index contributed by atoms with van der Waals surface area (Å²) in [6, 6.07) is 0. The fourth-order valence-electron chi connectivity index (χ4n) is 2.35. The van der Waals surface area contributed by atoms with Crippen LogP contribution < -0.4 is 0 Å². The van der Waals surface area contributed by atoms with Crippen molar-refractivity contribution in [1.82, 2.24) is 0 Å². The van der Waals surface area contributed by atoms with E-state index in [1.54, 1.807) is 0 Å². The topological polar surface area (TPSA) is 54.0 Å². The van der Waals surface area contributed by atoms with Crippen LogP contribution in [0.5, 0.6) is 0 Å². The van der Waals surface area contributed by atoms with Crippen LogP contribution in [0.1, 0.15) is 38.5 Å². The summed E-state index contributed by atoms with van der Waals surface area (Å²) in [6.07, 6.45) is 5.91. The minimum atomic E-state index is -2.53. The highest BCUT2D eigenvalue weighted by Crippen LogP contribution is 2.40. The molecular weight excluding hydrogens is 287 g/mol. The van der Waals surface area contributed by atoms with Gasteiger partial charge in [0.1, 0.15) is 10.8 Å². The Labute approximate surface area is 115 Å². The summed E-state index contributed by atoms with van der Waals surface area (Å²) < 4.78 is 34.3. The first-order valence-electron chi connectivity index (χ1n) is 6.71. The van der Waals surface area contributed by atoms with Crippen LogP contribution in [0.2, 0.25) is 0 Å². The fraction of sp³-hybridized carbons (Fsp3) is 1.00. The maximum absolute atomic E-state index is 12.0. The van der Waals surface area contributed by atoms with E-state index in [0.29, 0.717) is 33.7 Å². The summed E-state index contributed by atoms with van der Waals surface area (Å²) in [5.74, 6) is 0. The van der Waals surface area contributed by atoms with Crippen LogP contribution >= 0.6 is 8.25 Å². The molecule has 0 amide bonds. The third kappa shape index (κ3) is 4.26. The van der Waals surface area contributed by atoms with Gasteiger partial charge in [-0.1, -0.05) is 0 Å². The molecule has 0 aromatic heterocycles. The van der Waals surface area contributed by atoms with Gasteiger partial charge in [-0.05, 0) is 38.5 Å². The highest BCUT2D eigenvalue weighted by Gasteiger charge is 2.35. The molecule has 0 N–H and O–H groups in total. The van der Waals surface area contributed by atoms with Gasteiger partial charge in [0.25, 0.3) is 0 Å². The molecule has 2 saturated heterocycles. The number of rotatable bonds is 4. The molecule has 5 nitrogen and oxygen atoms in total. The van der Waals surface area contributed by atoms with Crippen molar-refractivity contribution in [1.29, 1.82) is 0 Å². The lowest BCUT2D eigenvalue weighted by Crippen LogP contribution is -2.40. The van der Waals surface area contributed by atoms with E-state index in [1.165, 1.54) is 0 Å². The van der Waals surface area contributed by atoms with Gasteiger partial charge in [0.05, 0.1) is 20.5 Å². The smallest absolute Gasteiger partial charge is 0.323 e. The molecule has 2 fully saturated rings. The first-order chi connectivity index (χ1) is 8.52. The Kier molecular flexibility index (Phi) is 5.22. The van der Waals surface area contributed by atoms with Crippen LogP contribution in [0.3, 0.4) is 0 Å². The van der Waals surface area contributed by atoms with E-state index in [0.717, 1.165) is 38.5 Å². The Morgan fingerprint density at radius 2 is 1.33 bits per heavy atom. The highest BCUT2D eigenvalue weighted by molar-refractivity contribution is 7.33. The zero-order valence-corrected chi connectivity index (χ0v) is 16.2. The molecule has 2 rings (SSSR count). The summed E-state index contributed by atoms with van der Waals surface area (Å²) in [7, 11) is -1.12. The molecule has 0 saturated carbocycles. The van der Waals surface area contributed by atoms with Crippen LogP contribution in [-0.2, 0) is 23.1 Å². The average molecular weight is 310 g/mol. The predicted molar refractivity (Wildman–Crippen MR) is 76.1 cm³/mol. The van der Waals surface area contributed by atoms with Crippen molar-refractivity contribution < 1.29 is 23.1 Å². The number of ether oxygens (including phenoxy) is 2. The third-order valence-corrected chi connectivity index (χ3v) is 7.46. The number of hydrogen-bond donors (Lipinski definition) is 0. The van der Waals surface area contributed by atoms with Crippen LogP contribution in [0.4, 0.5) is 0 Å². The average Bonchev–Trinajstić information content (AvgIpc) is 2.29. The van der Waals surface area contributed by atoms with Crippen LogP contribution in [0, 0.1) is 0 Å². The van der Waals surface area contributed by atoms with E-state index in [1.807, 2.05) is 0 Å². The van der Waals surface area contributed by atoms with E-state index in [9.17, 15) is 4.57 Å². The first-order valence-corrected chi connectivity index (χ1v) is 9.94. The standard InChI is InChI=1S/C10H23O5PSi2/c11-16(14-9(17)5-1-3-7-12-9)15-10(18)6-2-4-8-13-10/h16H,1-8H2,17-18H3. The lowest BCUT2D eigenvalue weighted by atomic mass is 10.2. The van der Waals surface area contributed by atoms with E-state index in [4.69, 9.17) is 18.5 Å². The van der Waals surface area contributed by atoms with Crippen LogP contribution in [0.25, 0.3) is 0 Å². The molecule has 2 aliphatic heterocycles. The maximum Gasteiger partial charge on any atom is 0.323 e. The van der Waals surface area contributed by atoms with Crippen molar-refractivity contribution in [2.75, 3.05) is 13.2 Å². The summed E-state index contributed by atoms with van der Waals surface area (Å²) in [6.45, 7) is 1.39. The van der Waals surface area contributed by atoms with Crippen molar-refractivity contribution in [2.45, 2.75) is 49.3 Å². The van der Waals surface area contributed by atoms with Crippen molar-refractivity contribution in [3.8, 4) is 0 Å². The third-order valence-electron chi connectivity index (χ3n) is 3.46. The summed E-state index contributed by atoms with van der Waals surface area (Å²) in [5, 5.41) is 0. The summed E-state index contributed by atoms with van der Waals surface area (Å²) in [4.78, 5) is 0. The molecule has 8 heteroatoms. The van der Waals surface area contributed by atoms with Gasteiger partial charge in [-0.2, -0.15) is 0 Å². The lowest BCUT2D eigenvalue weighted by Gasteiger charge is -2.37. The zero-order valence-electron chi connectivity index (χ0n) is 11.2. The van der Waals surface area contributed by atoms with Crippen molar-refractivity contribution in [2.24, 2.45) is 0 Å². The van der Waals surface area contributed by atoms with Gasteiger partial charge in [0.15, 0.2) is 0 Å². The molecule has 18 heavy (non-hydrogen) atoms. The van der Waals surface area contributed by atoms with Gasteiger partial charge in [-0.15, -0.1) is 0 Å². The fourth-order valence-corrected chi connectivity index (χ4v) is 5.54. The Bertz CT molecular complexity index is 275. The molecule has 2 unspecified atom stereocenters. The maximum atomic E-state index is 12.0. The predicted octanol–water partition coefficient (Wildman–Crippen LogP) is -0.151. The Morgan fingerprint density at radius 3 is 1.67 bits per heavy atom. The van der Waals surface area contributed by atoms with Gasteiger partial charge in [-0.3, -0.25) is 13.6 Å². The van der Waals surface area contributed by atoms with E-state index >= 15 is 0 Å². The molecule has 0 aromatic rings. The molecule has 2 heterocycles. The quantitative estimate of drug-likeness (QED) is 0.534. The largest absolute Gasteiger partial charge is 0.354 e. The summed E-state index contributed by atoms with van der Waals surface area (Å²) in [5.41, 5.74) is -1.22. The Balaban J connectivity index is 1.83. The highest BCUT2D eigenvalue weighted by atomic mass is 31.1. The molecule has 106 valence electrons. The second-order valence-corrected chi connectivity index (χ2v) is 9.29. The van der Waals surface area contributed by atoms with Crippen LogP contribution in [0.15, 0.2) is 0 Å². The van der Waals surface area contributed by atoms with Gasteiger partial charge in [0, 0.05) is 13.2 Å². The van der Waals surface area contributed by atoms with Crippen molar-refractivity contribution in [3.63, 3.8) is 0 Å². The molecule has 0 bridgehead atoms. The van der Waals surface area contributed by atoms with E-state index in [-0.39, 0.29) is 0 Å². The van der Waals surface area contributed by atoms with Crippen molar-refractivity contribution >= 4 is 28.7 Å². The van der Waals surface area contributed by atoms with E-state index < -0.39 is 19.1 Å². The number of hydrogen-bond acceptors (Lipinski definition) is 5. The molecule has 0 aromatic carbocycles. The van der Waals surface area contributed by atoms with Gasteiger partial charge < -0.3 is 9.47 Å². The molecule has 0 spiro atoms. The molecule has 2 aliphatic rings. The first kappa shape index (κ1) is 14.9. The second-order valence-electron chi connectivity index (χ2n) is 5.33. The van der Waals surface area contributed by atoms with Crippen LogP contribution in [-0.4, -0.2) is 44.5 Å². The minimum Gasteiger partial charge on any atom is -0.354 e. The van der Waals surface area contributed by atoms with Gasteiger partial charge in [0.2, 0.25) is 0 Å². The monoisotopic (exact) mass is 310 g/mol. The molecule has 0 aliphatic carbocycles.